The van der Waals surface area contributed by atoms with E-state index in [1.807, 2.05) is 0 Å². The number of carbonyl (C=O) groups excluding carboxylic acids is 1. The van der Waals surface area contributed by atoms with Crippen molar-refractivity contribution in [3.63, 3.8) is 0 Å². The normalized spacial score (nSPS) is 19.3. The second-order valence-corrected chi connectivity index (χ2v) is 10.7. The smallest absolute Gasteiger partial charge is 0.424 e. The van der Waals surface area contributed by atoms with Crippen LogP contribution in [0, 0.1) is 5.82 Å². The minimum absolute atomic E-state index is 0.00716. The molecule has 5 rings (SSSR count). The van der Waals surface area contributed by atoms with Crippen molar-refractivity contribution in [2.75, 3.05) is 33.4 Å². The SMILES string of the molecule is CNC1(C)COc2c1cc(C(O)(CNC(=O)c1ccc(OC3CC3)c(OCCO)c1)C(F)(F)F)nc2-c1ccc(F)cc1. The number of aromatic nitrogens is 1. The van der Waals surface area contributed by atoms with Crippen LogP contribution >= 0.6 is 0 Å². The Hall–Kier alpha value is -3.94. The summed E-state index contributed by atoms with van der Waals surface area (Å²) < 4.78 is 74.6. The molecule has 1 saturated carbocycles. The van der Waals surface area contributed by atoms with Crippen molar-refractivity contribution in [1.82, 2.24) is 15.6 Å². The van der Waals surface area contributed by atoms with Gasteiger partial charge in [0.15, 0.2) is 17.2 Å². The number of rotatable bonds is 11. The Morgan fingerprint density at radius 3 is 2.49 bits per heavy atom. The molecule has 2 heterocycles. The fourth-order valence-corrected chi connectivity index (χ4v) is 4.63. The molecule has 0 radical (unpaired) electrons. The van der Waals surface area contributed by atoms with Crippen molar-refractivity contribution in [2.24, 2.45) is 0 Å². The van der Waals surface area contributed by atoms with Gasteiger partial charge in [-0.05, 0) is 75.3 Å². The van der Waals surface area contributed by atoms with Crippen LogP contribution in [0.25, 0.3) is 11.3 Å². The summed E-state index contributed by atoms with van der Waals surface area (Å²) in [7, 11) is 1.62. The van der Waals surface area contributed by atoms with Gasteiger partial charge in [-0.2, -0.15) is 13.2 Å². The first kappa shape index (κ1) is 30.5. The van der Waals surface area contributed by atoms with Gasteiger partial charge < -0.3 is 35.1 Å². The number of amides is 1. The number of likely N-dealkylation sites (N-methyl/N-ethyl adjacent to an activating group) is 1. The van der Waals surface area contributed by atoms with E-state index in [0.29, 0.717) is 11.3 Å². The van der Waals surface area contributed by atoms with Crippen LogP contribution in [0.15, 0.2) is 48.5 Å². The van der Waals surface area contributed by atoms with Crippen molar-refractivity contribution in [2.45, 2.75) is 43.2 Å². The maximum Gasteiger partial charge on any atom is 0.424 e. The number of pyridine rings is 1. The molecule has 0 spiro atoms. The first-order chi connectivity index (χ1) is 20.4. The third-order valence-corrected chi connectivity index (χ3v) is 7.51. The molecule has 1 aromatic heterocycles. The van der Waals surface area contributed by atoms with E-state index in [1.54, 1.807) is 14.0 Å². The lowest BCUT2D eigenvalue weighted by Gasteiger charge is -2.32. The third-order valence-electron chi connectivity index (χ3n) is 7.51. The highest BCUT2D eigenvalue weighted by Gasteiger charge is 2.57. The number of alkyl halides is 3. The van der Waals surface area contributed by atoms with Crippen molar-refractivity contribution in [1.29, 1.82) is 0 Å². The number of carbonyl (C=O) groups is 1. The van der Waals surface area contributed by atoms with E-state index in [1.165, 1.54) is 30.3 Å². The van der Waals surface area contributed by atoms with Crippen LogP contribution in [0.1, 0.15) is 41.4 Å². The first-order valence-corrected chi connectivity index (χ1v) is 13.6. The van der Waals surface area contributed by atoms with Gasteiger partial charge in [-0.25, -0.2) is 9.37 Å². The molecule has 43 heavy (non-hydrogen) atoms. The van der Waals surface area contributed by atoms with E-state index in [2.05, 4.69) is 15.6 Å². The molecule has 0 bridgehead atoms. The number of hydrogen-bond donors (Lipinski definition) is 4. The van der Waals surface area contributed by atoms with Gasteiger partial charge in [-0.1, -0.05) is 0 Å². The zero-order valence-electron chi connectivity index (χ0n) is 23.4. The van der Waals surface area contributed by atoms with Crippen LogP contribution in [-0.2, 0) is 11.1 Å². The van der Waals surface area contributed by atoms with Crippen molar-refractivity contribution in [3.8, 4) is 28.5 Å². The summed E-state index contributed by atoms with van der Waals surface area (Å²) in [6, 6.07) is 10.2. The molecule has 230 valence electrons. The Balaban J connectivity index is 1.49. The number of aliphatic hydroxyl groups is 2. The Morgan fingerprint density at radius 1 is 1.14 bits per heavy atom. The van der Waals surface area contributed by atoms with Gasteiger partial charge >= 0.3 is 6.18 Å². The summed E-state index contributed by atoms with van der Waals surface area (Å²) in [4.78, 5) is 17.2. The maximum atomic E-state index is 14.6. The average molecular weight is 606 g/mol. The molecule has 3 aromatic rings. The van der Waals surface area contributed by atoms with Gasteiger partial charge in [0.05, 0.1) is 30.5 Å². The number of benzene rings is 2. The molecular weight excluding hydrogens is 574 g/mol. The van der Waals surface area contributed by atoms with E-state index >= 15 is 0 Å². The van der Waals surface area contributed by atoms with Crippen molar-refractivity contribution in [3.05, 3.63) is 71.2 Å². The zero-order valence-corrected chi connectivity index (χ0v) is 23.4. The lowest BCUT2D eigenvalue weighted by Crippen LogP contribution is -2.51. The molecule has 9 nitrogen and oxygen atoms in total. The molecule has 2 aliphatic rings. The molecule has 1 aliphatic carbocycles. The molecule has 1 amide bonds. The molecule has 13 heteroatoms. The predicted molar refractivity (Wildman–Crippen MR) is 146 cm³/mol. The number of fused-ring (bicyclic) bond motifs is 1. The zero-order chi connectivity index (χ0) is 31.0. The van der Waals surface area contributed by atoms with E-state index in [-0.39, 0.29) is 54.2 Å². The number of nitrogens with zero attached hydrogens (tertiary/aromatic N) is 1. The van der Waals surface area contributed by atoms with E-state index in [9.17, 15) is 27.5 Å². The summed E-state index contributed by atoms with van der Waals surface area (Å²) in [6.45, 7) is 0.131. The summed E-state index contributed by atoms with van der Waals surface area (Å²) in [6.07, 6.45) is -3.55. The van der Waals surface area contributed by atoms with Gasteiger partial charge in [0.1, 0.15) is 24.7 Å². The van der Waals surface area contributed by atoms with Crippen LogP contribution in [0.4, 0.5) is 17.6 Å². The monoisotopic (exact) mass is 605 g/mol. The van der Waals surface area contributed by atoms with Gasteiger partial charge in [-0.15, -0.1) is 0 Å². The summed E-state index contributed by atoms with van der Waals surface area (Å²) in [5.41, 5.74) is -4.79. The van der Waals surface area contributed by atoms with Crippen LogP contribution in [-0.4, -0.2) is 66.8 Å². The standard InChI is InChI=1S/C30H31F4N3O6/c1-28(35-2)16-42-26-21(28)14-24(37-25(26)17-3-6-19(31)7-4-17)29(40,30(32,33)34)15-36-27(39)18-5-10-22(43-20-8-9-20)23(13-18)41-12-11-38/h3-7,10,13-14,20,35,38,40H,8-9,11-12,15-16H2,1-2H3,(H,36,39). The second-order valence-electron chi connectivity index (χ2n) is 10.7. The summed E-state index contributed by atoms with van der Waals surface area (Å²) in [5.74, 6) is -0.786. The Kier molecular flexibility index (Phi) is 8.25. The lowest BCUT2D eigenvalue weighted by atomic mass is 9.89. The highest BCUT2D eigenvalue weighted by molar-refractivity contribution is 5.95. The van der Waals surface area contributed by atoms with Crippen LogP contribution in [0.2, 0.25) is 0 Å². The number of nitrogens with one attached hydrogen (secondary N) is 2. The van der Waals surface area contributed by atoms with Gasteiger partial charge in [-0.3, -0.25) is 4.79 Å². The van der Waals surface area contributed by atoms with Gasteiger partial charge in [0.25, 0.3) is 5.91 Å². The average Bonchev–Trinajstić information content (AvgIpc) is 3.75. The molecule has 1 aliphatic heterocycles. The molecule has 2 aromatic carbocycles. The molecule has 2 unspecified atom stereocenters. The molecule has 4 N–H and O–H groups in total. The first-order valence-electron chi connectivity index (χ1n) is 13.6. The number of ether oxygens (including phenoxy) is 3. The number of hydrogen-bond acceptors (Lipinski definition) is 8. The molecule has 0 saturated heterocycles. The van der Waals surface area contributed by atoms with Crippen molar-refractivity contribution < 1.29 is 46.8 Å². The molecule has 2 atom stereocenters. The fraction of sp³-hybridized carbons (Fsp3) is 0.400. The third kappa shape index (κ3) is 6.10. The Labute approximate surface area is 244 Å². The summed E-state index contributed by atoms with van der Waals surface area (Å²) >= 11 is 0. The lowest BCUT2D eigenvalue weighted by molar-refractivity contribution is -0.265. The number of halogens is 4. The van der Waals surface area contributed by atoms with E-state index < -0.39 is 41.3 Å². The highest BCUT2D eigenvalue weighted by atomic mass is 19.4. The minimum atomic E-state index is -5.27. The predicted octanol–water partition coefficient (Wildman–Crippen LogP) is 3.81. The molecular formula is C30H31F4N3O6. The van der Waals surface area contributed by atoms with Gasteiger partial charge in [0.2, 0.25) is 5.60 Å². The second kappa shape index (κ2) is 11.6. The Bertz CT molecular complexity index is 1500. The van der Waals surface area contributed by atoms with E-state index in [0.717, 1.165) is 31.0 Å². The van der Waals surface area contributed by atoms with Crippen LogP contribution in [0.3, 0.4) is 0 Å². The van der Waals surface area contributed by atoms with Crippen molar-refractivity contribution >= 4 is 5.91 Å². The quantitative estimate of drug-likeness (QED) is 0.244. The largest absolute Gasteiger partial charge is 0.489 e. The fourth-order valence-electron chi connectivity index (χ4n) is 4.63. The van der Waals surface area contributed by atoms with E-state index in [4.69, 9.17) is 19.3 Å². The minimum Gasteiger partial charge on any atom is -0.489 e. The topological polar surface area (TPSA) is 122 Å². The maximum absolute atomic E-state index is 14.6. The van der Waals surface area contributed by atoms with Crippen LogP contribution in [0.5, 0.6) is 17.2 Å². The Morgan fingerprint density at radius 2 is 1.86 bits per heavy atom. The number of aliphatic hydroxyl groups excluding tert-OH is 1. The summed E-state index contributed by atoms with van der Waals surface area (Å²) in [5, 5.41) is 25.6. The van der Waals surface area contributed by atoms with Crippen LogP contribution < -0.4 is 24.8 Å². The highest BCUT2D eigenvalue weighted by Crippen LogP contribution is 2.47. The molecule has 1 fully saturated rings. The van der Waals surface area contributed by atoms with Gasteiger partial charge in [0, 0.05) is 16.7 Å².